The maximum atomic E-state index is 14.4. The number of aromatic nitrogens is 4. The van der Waals surface area contributed by atoms with Crippen LogP contribution in [-0.2, 0) is 6.42 Å². The molecule has 0 aliphatic carbocycles. The van der Waals surface area contributed by atoms with Crippen molar-refractivity contribution in [3.63, 3.8) is 0 Å². The van der Waals surface area contributed by atoms with Gasteiger partial charge in [0.1, 0.15) is 23.1 Å². The summed E-state index contributed by atoms with van der Waals surface area (Å²) < 4.78 is 22.1. The van der Waals surface area contributed by atoms with E-state index in [2.05, 4.69) is 21.0 Å². The number of hydrogen-bond acceptors (Lipinski definition) is 5. The Balaban J connectivity index is 1.80. The predicted molar refractivity (Wildman–Crippen MR) is 107 cm³/mol. The Morgan fingerprint density at radius 3 is 2.86 bits per heavy atom. The second-order valence-corrected chi connectivity index (χ2v) is 7.33. The van der Waals surface area contributed by atoms with Gasteiger partial charge in [0.15, 0.2) is 11.7 Å². The molecule has 1 unspecified atom stereocenters. The van der Waals surface area contributed by atoms with Gasteiger partial charge < -0.3 is 8.82 Å². The number of aryl methyl sites for hydroxylation is 1. The second kappa shape index (κ2) is 7.13. The highest BCUT2D eigenvalue weighted by molar-refractivity contribution is 5.79. The van der Waals surface area contributed by atoms with Crippen molar-refractivity contribution in [1.82, 2.24) is 19.4 Å². The Morgan fingerprint density at radius 1 is 1.28 bits per heavy atom. The Bertz CT molecular complexity index is 1230. The Kier molecular flexibility index (Phi) is 4.63. The zero-order valence-corrected chi connectivity index (χ0v) is 16.5. The molecule has 0 spiro atoms. The van der Waals surface area contributed by atoms with E-state index >= 15 is 0 Å². The summed E-state index contributed by atoms with van der Waals surface area (Å²) >= 11 is 0. The minimum atomic E-state index is -1.38. The van der Waals surface area contributed by atoms with Crippen LogP contribution >= 0.6 is 0 Å². The van der Waals surface area contributed by atoms with Crippen LogP contribution in [0.3, 0.4) is 0 Å². The van der Waals surface area contributed by atoms with Crippen LogP contribution in [-0.4, -0.2) is 25.0 Å². The average Bonchev–Trinajstić information content (AvgIpc) is 3.31. The third kappa shape index (κ3) is 3.74. The van der Waals surface area contributed by atoms with Gasteiger partial charge in [-0.3, -0.25) is 0 Å². The number of pyridine rings is 2. The lowest BCUT2D eigenvalue weighted by Crippen LogP contribution is -2.19. The molecule has 6 nitrogen and oxygen atoms in total. The van der Waals surface area contributed by atoms with Crippen molar-refractivity contribution in [3.8, 4) is 28.7 Å². The Morgan fingerprint density at radius 2 is 2.10 bits per heavy atom. The van der Waals surface area contributed by atoms with Crippen molar-refractivity contribution in [2.45, 2.75) is 39.3 Å². The number of imidazole rings is 1. The van der Waals surface area contributed by atoms with E-state index in [9.17, 15) is 9.65 Å². The van der Waals surface area contributed by atoms with Gasteiger partial charge >= 0.3 is 0 Å². The topological polar surface area (TPSA) is 80.0 Å². The molecule has 0 saturated carbocycles. The first-order chi connectivity index (χ1) is 13.9. The van der Waals surface area contributed by atoms with Gasteiger partial charge in [-0.15, -0.1) is 0 Å². The number of hydrogen-bond donors (Lipinski definition) is 0. The molecule has 146 valence electrons. The minimum Gasteiger partial charge on any atom is -0.441 e. The van der Waals surface area contributed by atoms with Gasteiger partial charge in [0.05, 0.1) is 24.0 Å². The van der Waals surface area contributed by atoms with Crippen LogP contribution < -0.4 is 0 Å². The third-order valence-corrected chi connectivity index (χ3v) is 4.94. The van der Waals surface area contributed by atoms with Gasteiger partial charge in [-0.2, -0.15) is 5.26 Å². The lowest BCUT2D eigenvalue weighted by atomic mass is 10.0. The molecule has 0 radical (unpaired) electrons. The summed E-state index contributed by atoms with van der Waals surface area (Å²) in [6, 6.07) is 9.30. The molecule has 0 aromatic carbocycles. The molecule has 4 rings (SSSR count). The molecule has 0 aliphatic heterocycles. The standard InChI is InChI=1S/C22H20FN5O/c1-4-22(3,23)10-20-25-12-18(29-20)17-6-5-16(11-24)27-21(17)15-7-8-28-13-14(2)26-19(28)9-15/h5-9,12-13H,4,10H2,1-3H3. The summed E-state index contributed by atoms with van der Waals surface area (Å²) in [4.78, 5) is 13.2. The van der Waals surface area contributed by atoms with Crippen molar-refractivity contribution in [2.24, 2.45) is 0 Å². The molecule has 0 N–H and O–H groups in total. The van der Waals surface area contributed by atoms with Crippen molar-refractivity contribution in [2.75, 3.05) is 0 Å². The Hall–Kier alpha value is -3.53. The summed E-state index contributed by atoms with van der Waals surface area (Å²) in [6.07, 6.45) is 5.88. The first-order valence-electron chi connectivity index (χ1n) is 9.39. The summed E-state index contributed by atoms with van der Waals surface area (Å²) in [5, 5.41) is 9.30. The molecule has 7 heteroatoms. The molecule has 4 heterocycles. The number of alkyl halides is 1. The van der Waals surface area contributed by atoms with Crippen molar-refractivity contribution in [1.29, 1.82) is 5.26 Å². The van der Waals surface area contributed by atoms with E-state index in [1.54, 1.807) is 25.3 Å². The van der Waals surface area contributed by atoms with E-state index in [0.29, 0.717) is 35.0 Å². The van der Waals surface area contributed by atoms with Gasteiger partial charge in [-0.1, -0.05) is 6.92 Å². The summed E-state index contributed by atoms with van der Waals surface area (Å²) in [5.41, 5.74) is 2.69. The fraction of sp³-hybridized carbons (Fsp3) is 0.273. The molecule has 29 heavy (non-hydrogen) atoms. The minimum absolute atomic E-state index is 0.0991. The zero-order chi connectivity index (χ0) is 20.6. The highest BCUT2D eigenvalue weighted by Crippen LogP contribution is 2.33. The smallest absolute Gasteiger partial charge is 0.198 e. The van der Waals surface area contributed by atoms with Crippen LogP contribution in [0.15, 0.2) is 47.3 Å². The SMILES string of the molecule is CCC(C)(F)Cc1ncc(-c2ccc(C#N)nc2-c2ccn3cc(C)nc3c2)o1. The van der Waals surface area contributed by atoms with E-state index in [-0.39, 0.29) is 6.42 Å². The number of nitrogens with zero attached hydrogens (tertiary/aromatic N) is 5. The van der Waals surface area contributed by atoms with Crippen LogP contribution in [0.25, 0.3) is 28.2 Å². The quantitative estimate of drug-likeness (QED) is 0.484. The van der Waals surface area contributed by atoms with Crippen LogP contribution in [0.5, 0.6) is 0 Å². The normalized spacial score (nSPS) is 13.3. The molecule has 0 fully saturated rings. The van der Waals surface area contributed by atoms with Crippen molar-refractivity contribution in [3.05, 3.63) is 60.1 Å². The van der Waals surface area contributed by atoms with Gasteiger partial charge in [0, 0.05) is 23.5 Å². The zero-order valence-electron chi connectivity index (χ0n) is 16.5. The summed E-state index contributed by atoms with van der Waals surface area (Å²) in [7, 11) is 0. The van der Waals surface area contributed by atoms with E-state index in [1.807, 2.05) is 35.9 Å². The molecule has 0 amide bonds. The second-order valence-electron chi connectivity index (χ2n) is 7.33. The molecule has 0 saturated heterocycles. The molecular weight excluding hydrogens is 369 g/mol. The maximum absolute atomic E-state index is 14.4. The van der Waals surface area contributed by atoms with E-state index in [0.717, 1.165) is 16.9 Å². The first-order valence-corrected chi connectivity index (χ1v) is 9.39. The van der Waals surface area contributed by atoms with Gasteiger partial charge in [0.25, 0.3) is 0 Å². The van der Waals surface area contributed by atoms with E-state index in [4.69, 9.17) is 4.42 Å². The molecule has 4 aromatic heterocycles. The molecule has 0 aliphatic rings. The molecular formula is C22H20FN5O. The number of rotatable bonds is 5. The third-order valence-electron chi connectivity index (χ3n) is 4.94. The lowest BCUT2D eigenvalue weighted by molar-refractivity contribution is 0.170. The van der Waals surface area contributed by atoms with Gasteiger partial charge in [-0.05, 0) is 44.5 Å². The Labute approximate surface area is 167 Å². The highest BCUT2D eigenvalue weighted by Gasteiger charge is 2.24. The van der Waals surface area contributed by atoms with E-state index in [1.165, 1.54) is 6.92 Å². The van der Waals surface area contributed by atoms with Crippen molar-refractivity contribution < 1.29 is 8.81 Å². The molecule has 1 atom stereocenters. The fourth-order valence-electron chi connectivity index (χ4n) is 3.15. The van der Waals surface area contributed by atoms with Crippen LogP contribution in [0.4, 0.5) is 4.39 Å². The largest absolute Gasteiger partial charge is 0.441 e. The first kappa shape index (κ1) is 18.8. The molecule has 0 bridgehead atoms. The van der Waals surface area contributed by atoms with Gasteiger partial charge in [0.2, 0.25) is 0 Å². The maximum Gasteiger partial charge on any atom is 0.198 e. The fourth-order valence-corrected chi connectivity index (χ4v) is 3.15. The summed E-state index contributed by atoms with van der Waals surface area (Å²) in [6.45, 7) is 5.25. The predicted octanol–water partition coefficient (Wildman–Crippen LogP) is 4.91. The van der Waals surface area contributed by atoms with Crippen molar-refractivity contribution >= 4 is 5.65 Å². The lowest BCUT2D eigenvalue weighted by Gasteiger charge is -2.15. The van der Waals surface area contributed by atoms with E-state index < -0.39 is 5.67 Å². The number of halogens is 1. The highest BCUT2D eigenvalue weighted by atomic mass is 19.1. The number of nitriles is 1. The van der Waals surface area contributed by atoms with Crippen LogP contribution in [0.2, 0.25) is 0 Å². The number of oxazole rings is 1. The number of fused-ring (bicyclic) bond motifs is 1. The van der Waals surface area contributed by atoms with Crippen LogP contribution in [0.1, 0.15) is 37.5 Å². The average molecular weight is 389 g/mol. The van der Waals surface area contributed by atoms with Gasteiger partial charge in [-0.25, -0.2) is 19.3 Å². The van der Waals surface area contributed by atoms with Crippen LogP contribution in [0, 0.1) is 18.3 Å². The summed E-state index contributed by atoms with van der Waals surface area (Å²) in [5.74, 6) is 0.819. The molecule has 4 aromatic rings. The monoisotopic (exact) mass is 389 g/mol.